The molecule has 2 unspecified atom stereocenters. The molecule has 0 amide bonds. The Morgan fingerprint density at radius 2 is 2.00 bits per heavy atom. The van der Waals surface area contributed by atoms with Gasteiger partial charge in [0.1, 0.15) is 5.82 Å². The molecular weight excluding hydrogens is 239 g/mol. The van der Waals surface area contributed by atoms with Gasteiger partial charge in [-0.2, -0.15) is 0 Å². The fourth-order valence-electron chi connectivity index (χ4n) is 3.10. The van der Waals surface area contributed by atoms with Crippen LogP contribution in [-0.2, 0) is 0 Å². The van der Waals surface area contributed by atoms with Gasteiger partial charge in [-0.1, -0.05) is 25.5 Å². The minimum atomic E-state index is -0.204. The van der Waals surface area contributed by atoms with Gasteiger partial charge in [0.15, 0.2) is 0 Å². The van der Waals surface area contributed by atoms with Gasteiger partial charge in [-0.15, -0.1) is 0 Å². The first-order valence-corrected chi connectivity index (χ1v) is 7.34. The van der Waals surface area contributed by atoms with E-state index in [-0.39, 0.29) is 17.4 Å². The van der Waals surface area contributed by atoms with Gasteiger partial charge in [-0.05, 0) is 57.0 Å². The maximum atomic E-state index is 13.4. The van der Waals surface area contributed by atoms with Crippen LogP contribution in [0.3, 0.4) is 0 Å². The minimum Gasteiger partial charge on any atom is -0.322 e. The summed E-state index contributed by atoms with van der Waals surface area (Å²) in [6, 6.07) is 6.58. The van der Waals surface area contributed by atoms with E-state index in [4.69, 9.17) is 5.73 Å². The first-order chi connectivity index (χ1) is 9.08. The van der Waals surface area contributed by atoms with E-state index in [9.17, 15) is 4.39 Å². The van der Waals surface area contributed by atoms with Crippen LogP contribution in [0, 0.1) is 5.82 Å². The summed E-state index contributed by atoms with van der Waals surface area (Å²) in [6.45, 7) is 6.60. The van der Waals surface area contributed by atoms with Crippen molar-refractivity contribution in [2.45, 2.75) is 51.1 Å². The molecule has 0 aromatic heterocycles. The molecule has 0 saturated carbocycles. The summed E-state index contributed by atoms with van der Waals surface area (Å²) >= 11 is 0. The second-order valence-electron chi connectivity index (χ2n) is 5.79. The van der Waals surface area contributed by atoms with Crippen molar-refractivity contribution in [3.05, 3.63) is 35.6 Å². The van der Waals surface area contributed by atoms with E-state index < -0.39 is 0 Å². The smallest absolute Gasteiger partial charge is 0.123 e. The van der Waals surface area contributed by atoms with Crippen molar-refractivity contribution in [2.24, 2.45) is 5.73 Å². The zero-order valence-electron chi connectivity index (χ0n) is 12.0. The maximum Gasteiger partial charge on any atom is 0.123 e. The lowest BCUT2D eigenvalue weighted by atomic mass is 9.82. The molecule has 1 heterocycles. The molecule has 2 atom stereocenters. The van der Waals surface area contributed by atoms with Gasteiger partial charge in [0.2, 0.25) is 0 Å². The van der Waals surface area contributed by atoms with Crippen LogP contribution in [0.2, 0.25) is 0 Å². The number of piperidine rings is 1. The summed E-state index contributed by atoms with van der Waals surface area (Å²) in [4.78, 5) is 2.49. The van der Waals surface area contributed by atoms with E-state index >= 15 is 0 Å². The van der Waals surface area contributed by atoms with E-state index in [2.05, 4.69) is 18.7 Å². The van der Waals surface area contributed by atoms with Gasteiger partial charge in [-0.25, -0.2) is 4.39 Å². The number of hydrogen-bond donors (Lipinski definition) is 1. The predicted octanol–water partition coefficient (Wildman–Crippen LogP) is 3.48. The Morgan fingerprint density at radius 3 is 2.58 bits per heavy atom. The van der Waals surface area contributed by atoms with Gasteiger partial charge in [0.05, 0.1) is 0 Å². The molecule has 1 saturated heterocycles. The lowest BCUT2D eigenvalue weighted by Gasteiger charge is -2.47. The molecule has 2 rings (SSSR count). The third-order valence-electron chi connectivity index (χ3n) is 4.67. The third kappa shape index (κ3) is 2.98. The molecule has 1 fully saturated rings. The Bertz CT molecular complexity index is 415. The average Bonchev–Trinajstić information content (AvgIpc) is 2.46. The summed E-state index contributed by atoms with van der Waals surface area (Å²) < 4.78 is 13.4. The summed E-state index contributed by atoms with van der Waals surface area (Å²) in [5, 5.41) is 0. The van der Waals surface area contributed by atoms with Crippen molar-refractivity contribution < 1.29 is 4.39 Å². The number of halogens is 1. The fourth-order valence-corrected chi connectivity index (χ4v) is 3.10. The topological polar surface area (TPSA) is 29.3 Å². The van der Waals surface area contributed by atoms with E-state index in [0.717, 1.165) is 25.1 Å². The molecule has 3 heteroatoms. The standard InChI is InChI=1S/C16H25FN2/c1-3-16(2,19-10-5-4-6-11-19)15(18)13-8-7-9-14(17)12-13/h7-9,12,15H,3-6,10-11,18H2,1-2H3. The number of benzene rings is 1. The minimum absolute atomic E-state index is 0.0891. The number of rotatable bonds is 4. The Labute approximate surface area is 115 Å². The van der Waals surface area contributed by atoms with Gasteiger partial charge in [-0.3, -0.25) is 4.90 Å². The largest absolute Gasteiger partial charge is 0.322 e. The molecule has 0 radical (unpaired) electrons. The molecule has 1 aliphatic heterocycles. The van der Waals surface area contributed by atoms with E-state index in [0.29, 0.717) is 0 Å². The van der Waals surface area contributed by atoms with Crippen molar-refractivity contribution in [3.63, 3.8) is 0 Å². The number of hydrogen-bond acceptors (Lipinski definition) is 2. The fraction of sp³-hybridized carbons (Fsp3) is 0.625. The summed E-state index contributed by atoms with van der Waals surface area (Å²) in [6.07, 6.45) is 4.77. The quantitative estimate of drug-likeness (QED) is 0.902. The molecular formula is C16H25FN2. The molecule has 2 N–H and O–H groups in total. The second-order valence-corrected chi connectivity index (χ2v) is 5.79. The van der Waals surface area contributed by atoms with Gasteiger partial charge >= 0.3 is 0 Å². The number of nitrogens with zero attached hydrogens (tertiary/aromatic N) is 1. The highest BCUT2D eigenvalue weighted by Gasteiger charge is 2.37. The van der Waals surface area contributed by atoms with Crippen molar-refractivity contribution in [3.8, 4) is 0 Å². The first-order valence-electron chi connectivity index (χ1n) is 7.34. The van der Waals surface area contributed by atoms with Crippen molar-refractivity contribution in [1.82, 2.24) is 4.90 Å². The van der Waals surface area contributed by atoms with Crippen molar-refractivity contribution >= 4 is 0 Å². The zero-order chi connectivity index (χ0) is 13.9. The van der Waals surface area contributed by atoms with Crippen LogP contribution >= 0.6 is 0 Å². The summed E-state index contributed by atoms with van der Waals surface area (Å²) in [7, 11) is 0. The Morgan fingerprint density at radius 1 is 1.32 bits per heavy atom. The van der Waals surface area contributed by atoms with Crippen LogP contribution < -0.4 is 5.73 Å². The van der Waals surface area contributed by atoms with Gasteiger partial charge in [0, 0.05) is 11.6 Å². The van der Waals surface area contributed by atoms with E-state index in [1.807, 2.05) is 6.07 Å². The first kappa shape index (κ1) is 14.5. The highest BCUT2D eigenvalue weighted by Crippen LogP contribution is 2.34. The molecule has 1 aromatic carbocycles. The summed E-state index contributed by atoms with van der Waals surface area (Å²) in [5.41, 5.74) is 7.28. The third-order valence-corrected chi connectivity index (χ3v) is 4.67. The number of nitrogens with two attached hydrogens (primary N) is 1. The molecule has 0 bridgehead atoms. The monoisotopic (exact) mass is 264 g/mol. The molecule has 19 heavy (non-hydrogen) atoms. The molecule has 0 aliphatic carbocycles. The Balaban J connectivity index is 2.24. The normalized spacial score (nSPS) is 21.9. The molecule has 0 spiro atoms. The average molecular weight is 264 g/mol. The maximum absolute atomic E-state index is 13.4. The van der Waals surface area contributed by atoms with Gasteiger partial charge < -0.3 is 5.73 Å². The van der Waals surface area contributed by atoms with Crippen molar-refractivity contribution in [2.75, 3.05) is 13.1 Å². The second kappa shape index (κ2) is 6.02. The Hall–Kier alpha value is -0.930. The van der Waals surface area contributed by atoms with Crippen LogP contribution in [0.4, 0.5) is 4.39 Å². The summed E-state index contributed by atoms with van der Waals surface area (Å²) in [5.74, 6) is -0.204. The molecule has 2 nitrogen and oxygen atoms in total. The highest BCUT2D eigenvalue weighted by atomic mass is 19.1. The lowest BCUT2D eigenvalue weighted by Crippen LogP contribution is -2.54. The zero-order valence-corrected chi connectivity index (χ0v) is 12.0. The molecule has 1 aromatic rings. The van der Waals surface area contributed by atoms with E-state index in [1.165, 1.54) is 25.3 Å². The highest BCUT2D eigenvalue weighted by molar-refractivity contribution is 5.23. The lowest BCUT2D eigenvalue weighted by molar-refractivity contribution is 0.0542. The van der Waals surface area contributed by atoms with Crippen LogP contribution in [0.15, 0.2) is 24.3 Å². The SMILES string of the molecule is CCC(C)(C(N)c1cccc(F)c1)N1CCCCC1. The molecule has 1 aliphatic rings. The van der Waals surface area contributed by atoms with Crippen LogP contribution in [0.1, 0.15) is 51.1 Å². The molecule has 106 valence electrons. The predicted molar refractivity (Wildman–Crippen MR) is 77.4 cm³/mol. The van der Waals surface area contributed by atoms with Crippen molar-refractivity contribution in [1.29, 1.82) is 0 Å². The van der Waals surface area contributed by atoms with Crippen LogP contribution in [0.25, 0.3) is 0 Å². The van der Waals surface area contributed by atoms with E-state index in [1.54, 1.807) is 12.1 Å². The Kier molecular flexibility index (Phi) is 4.58. The van der Waals surface area contributed by atoms with Gasteiger partial charge in [0.25, 0.3) is 0 Å². The number of likely N-dealkylation sites (tertiary alicyclic amines) is 1. The van der Waals surface area contributed by atoms with Crippen LogP contribution in [0.5, 0.6) is 0 Å². The van der Waals surface area contributed by atoms with Crippen LogP contribution in [-0.4, -0.2) is 23.5 Å².